The average molecular weight is 365 g/mol. The number of benzene rings is 1. The molecule has 2 fully saturated rings. The van der Waals surface area contributed by atoms with Crippen molar-refractivity contribution in [2.24, 2.45) is 5.92 Å². The van der Waals surface area contributed by atoms with Gasteiger partial charge in [-0.15, -0.1) is 0 Å². The van der Waals surface area contributed by atoms with Crippen LogP contribution in [-0.2, 0) is 14.8 Å². The lowest BCUT2D eigenvalue weighted by molar-refractivity contribution is -0.138. The fourth-order valence-electron chi connectivity index (χ4n) is 3.62. The topological polar surface area (TPSA) is 57.7 Å². The molecule has 0 radical (unpaired) electrons. The zero-order chi connectivity index (χ0) is 18.2. The Labute approximate surface area is 151 Å². The van der Waals surface area contributed by atoms with Crippen LogP contribution in [0.15, 0.2) is 17.0 Å². The van der Waals surface area contributed by atoms with Crippen molar-refractivity contribution >= 4 is 15.9 Å². The third-order valence-electron chi connectivity index (χ3n) is 5.63. The van der Waals surface area contributed by atoms with Crippen LogP contribution in [0.1, 0.15) is 42.4 Å². The first-order chi connectivity index (χ1) is 11.8. The number of aryl methyl sites for hydroxylation is 3. The number of hydrogen-bond donors (Lipinski definition) is 0. The lowest BCUT2D eigenvalue weighted by Crippen LogP contribution is -2.41. The van der Waals surface area contributed by atoms with E-state index in [-0.39, 0.29) is 11.8 Å². The van der Waals surface area contributed by atoms with Gasteiger partial charge < -0.3 is 4.90 Å². The summed E-state index contributed by atoms with van der Waals surface area (Å²) in [6.45, 7) is 7.80. The molecule has 3 rings (SSSR count). The molecule has 25 heavy (non-hydrogen) atoms. The Morgan fingerprint density at radius 1 is 0.920 bits per heavy atom. The minimum Gasteiger partial charge on any atom is -0.341 e. The van der Waals surface area contributed by atoms with Crippen molar-refractivity contribution in [1.82, 2.24) is 9.21 Å². The molecule has 1 aromatic rings. The van der Waals surface area contributed by atoms with Crippen LogP contribution in [0.25, 0.3) is 0 Å². The zero-order valence-electron chi connectivity index (χ0n) is 15.4. The molecule has 6 heteroatoms. The molecule has 0 N–H and O–H groups in total. The molecule has 1 amide bonds. The Bertz CT molecular complexity index is 769. The molecule has 2 aliphatic rings. The lowest BCUT2D eigenvalue weighted by atomic mass is 9.84. The predicted molar refractivity (Wildman–Crippen MR) is 97.9 cm³/mol. The van der Waals surface area contributed by atoms with Crippen LogP contribution in [0.5, 0.6) is 0 Å². The molecule has 1 saturated heterocycles. The standard InChI is InChI=1S/C19H28N2O3S/c1-14-12-16(3)18(13-15(14)2)25(23,24)21-9-5-8-20(10-11-21)19(22)17-6-4-7-17/h12-13,17H,4-11H2,1-3H3. The first kappa shape index (κ1) is 18.4. The predicted octanol–water partition coefficient (Wildman–Crippen LogP) is 2.63. The van der Waals surface area contributed by atoms with Gasteiger partial charge in [-0.25, -0.2) is 8.42 Å². The van der Waals surface area contributed by atoms with Gasteiger partial charge in [0, 0.05) is 32.1 Å². The first-order valence-corrected chi connectivity index (χ1v) is 10.6. The Balaban J connectivity index is 1.77. The van der Waals surface area contributed by atoms with Crippen LogP contribution in [0.2, 0.25) is 0 Å². The maximum absolute atomic E-state index is 13.1. The average Bonchev–Trinajstić information content (AvgIpc) is 2.75. The van der Waals surface area contributed by atoms with Crippen LogP contribution in [0, 0.1) is 26.7 Å². The van der Waals surface area contributed by atoms with Crippen LogP contribution in [-0.4, -0.2) is 49.7 Å². The summed E-state index contributed by atoms with van der Waals surface area (Å²) < 4.78 is 27.8. The Morgan fingerprint density at radius 2 is 1.60 bits per heavy atom. The third-order valence-corrected chi connectivity index (χ3v) is 7.67. The number of rotatable bonds is 3. The maximum atomic E-state index is 13.1. The van der Waals surface area contributed by atoms with Gasteiger partial charge >= 0.3 is 0 Å². The molecule has 0 unspecified atom stereocenters. The second-order valence-electron chi connectivity index (χ2n) is 7.41. The molecule has 0 aromatic heterocycles. The van der Waals surface area contributed by atoms with E-state index < -0.39 is 10.0 Å². The number of hydrogen-bond acceptors (Lipinski definition) is 3. The highest BCUT2D eigenvalue weighted by Gasteiger charge is 2.33. The number of sulfonamides is 1. The van der Waals surface area contributed by atoms with E-state index in [2.05, 4.69) is 0 Å². The SMILES string of the molecule is Cc1cc(C)c(S(=O)(=O)N2CCCN(C(=O)C3CCC3)CC2)cc1C. The van der Waals surface area contributed by atoms with E-state index in [1.807, 2.05) is 31.7 Å². The van der Waals surface area contributed by atoms with Crippen LogP contribution < -0.4 is 0 Å². The molecule has 1 saturated carbocycles. The zero-order valence-corrected chi connectivity index (χ0v) is 16.2. The Morgan fingerprint density at radius 3 is 2.24 bits per heavy atom. The maximum Gasteiger partial charge on any atom is 0.243 e. The normalized spacial score (nSPS) is 20.2. The minimum atomic E-state index is -3.52. The fourth-order valence-corrected chi connectivity index (χ4v) is 5.38. The molecule has 138 valence electrons. The summed E-state index contributed by atoms with van der Waals surface area (Å²) in [7, 11) is -3.52. The fraction of sp³-hybridized carbons (Fsp3) is 0.632. The van der Waals surface area contributed by atoms with Crippen LogP contribution in [0.4, 0.5) is 0 Å². The summed E-state index contributed by atoms with van der Waals surface area (Å²) >= 11 is 0. The van der Waals surface area contributed by atoms with Gasteiger partial charge in [-0.05, 0) is 62.8 Å². The first-order valence-electron chi connectivity index (χ1n) is 9.17. The van der Waals surface area contributed by atoms with Crippen LogP contribution >= 0.6 is 0 Å². The summed E-state index contributed by atoms with van der Waals surface area (Å²) in [5, 5.41) is 0. The second-order valence-corrected chi connectivity index (χ2v) is 9.32. The number of amides is 1. The van der Waals surface area contributed by atoms with Crippen molar-refractivity contribution in [2.75, 3.05) is 26.2 Å². The molecule has 5 nitrogen and oxygen atoms in total. The summed E-state index contributed by atoms with van der Waals surface area (Å²) in [6, 6.07) is 3.72. The highest BCUT2D eigenvalue weighted by atomic mass is 32.2. The van der Waals surface area contributed by atoms with Crippen LogP contribution in [0.3, 0.4) is 0 Å². The van der Waals surface area contributed by atoms with Gasteiger partial charge in [0.1, 0.15) is 0 Å². The number of carbonyl (C=O) groups excluding carboxylic acids is 1. The summed E-state index contributed by atoms with van der Waals surface area (Å²) in [4.78, 5) is 14.7. The largest absolute Gasteiger partial charge is 0.341 e. The van der Waals surface area contributed by atoms with Crippen molar-refractivity contribution in [3.8, 4) is 0 Å². The van der Waals surface area contributed by atoms with Crippen molar-refractivity contribution < 1.29 is 13.2 Å². The van der Waals surface area contributed by atoms with E-state index in [4.69, 9.17) is 0 Å². The Kier molecular flexibility index (Phi) is 5.21. The van der Waals surface area contributed by atoms with E-state index in [0.717, 1.165) is 36.0 Å². The molecule has 0 spiro atoms. The smallest absolute Gasteiger partial charge is 0.243 e. The minimum absolute atomic E-state index is 0.171. The monoisotopic (exact) mass is 364 g/mol. The van der Waals surface area contributed by atoms with Gasteiger partial charge in [0.15, 0.2) is 0 Å². The van der Waals surface area contributed by atoms with Gasteiger partial charge in [0.2, 0.25) is 15.9 Å². The highest BCUT2D eigenvalue weighted by Crippen LogP contribution is 2.29. The lowest BCUT2D eigenvalue weighted by Gasteiger charge is -2.31. The second kappa shape index (κ2) is 7.08. The number of nitrogens with zero attached hydrogens (tertiary/aromatic N) is 2. The quantitative estimate of drug-likeness (QED) is 0.828. The summed E-state index contributed by atoms with van der Waals surface area (Å²) in [6.07, 6.45) is 3.80. The summed E-state index contributed by atoms with van der Waals surface area (Å²) in [5.41, 5.74) is 2.88. The van der Waals surface area contributed by atoms with Crippen molar-refractivity contribution in [1.29, 1.82) is 0 Å². The van der Waals surface area contributed by atoms with Gasteiger partial charge in [-0.3, -0.25) is 4.79 Å². The van der Waals surface area contributed by atoms with E-state index >= 15 is 0 Å². The van der Waals surface area contributed by atoms with Crippen molar-refractivity contribution in [3.63, 3.8) is 0 Å². The third kappa shape index (κ3) is 3.60. The van der Waals surface area contributed by atoms with E-state index in [0.29, 0.717) is 37.5 Å². The van der Waals surface area contributed by atoms with Gasteiger partial charge in [0.25, 0.3) is 0 Å². The molecule has 0 bridgehead atoms. The molecular formula is C19H28N2O3S. The Hall–Kier alpha value is -1.40. The summed E-state index contributed by atoms with van der Waals surface area (Å²) in [5.74, 6) is 0.387. The molecule has 0 atom stereocenters. The van der Waals surface area contributed by atoms with Gasteiger partial charge in [-0.2, -0.15) is 4.31 Å². The van der Waals surface area contributed by atoms with E-state index in [1.165, 1.54) is 0 Å². The van der Waals surface area contributed by atoms with E-state index in [1.54, 1.807) is 10.4 Å². The molecular weight excluding hydrogens is 336 g/mol. The highest BCUT2D eigenvalue weighted by molar-refractivity contribution is 7.89. The molecule has 1 heterocycles. The van der Waals surface area contributed by atoms with Crippen molar-refractivity contribution in [3.05, 3.63) is 28.8 Å². The van der Waals surface area contributed by atoms with Gasteiger partial charge in [0.05, 0.1) is 4.90 Å². The molecule has 1 aliphatic carbocycles. The van der Waals surface area contributed by atoms with Gasteiger partial charge in [-0.1, -0.05) is 12.5 Å². The number of carbonyl (C=O) groups is 1. The van der Waals surface area contributed by atoms with E-state index in [9.17, 15) is 13.2 Å². The molecule has 1 aliphatic heterocycles. The molecule has 1 aromatic carbocycles. The van der Waals surface area contributed by atoms with Crippen molar-refractivity contribution in [2.45, 2.75) is 51.3 Å².